The standard InChI is InChI=1S/C17H23NS/c1-5-13-10-11-14(19-13)12-18-16-9-7-6-8-15(16)17(2,3)4/h6-11,18H,5,12H2,1-4H3. The van der Waals surface area contributed by atoms with Crippen LogP contribution in [0.25, 0.3) is 0 Å². The number of para-hydroxylation sites is 1. The van der Waals surface area contributed by atoms with Gasteiger partial charge in [0.05, 0.1) is 0 Å². The first-order chi connectivity index (χ1) is 9.00. The molecule has 0 atom stereocenters. The quantitative estimate of drug-likeness (QED) is 0.805. The molecule has 0 saturated heterocycles. The Bertz CT molecular complexity index is 534. The number of anilines is 1. The largest absolute Gasteiger partial charge is 0.380 e. The van der Waals surface area contributed by atoms with Crippen molar-refractivity contribution in [2.24, 2.45) is 0 Å². The fourth-order valence-corrected chi connectivity index (χ4v) is 3.08. The molecule has 2 aromatic rings. The van der Waals surface area contributed by atoms with Crippen molar-refractivity contribution in [3.05, 3.63) is 51.7 Å². The number of thiophene rings is 1. The highest BCUT2D eigenvalue weighted by Crippen LogP contribution is 2.30. The zero-order chi connectivity index (χ0) is 13.9. The molecular formula is C17H23NS. The number of hydrogen-bond donors (Lipinski definition) is 1. The van der Waals surface area contributed by atoms with Gasteiger partial charge in [-0.1, -0.05) is 45.9 Å². The third-order valence-corrected chi connectivity index (χ3v) is 4.48. The van der Waals surface area contributed by atoms with Crippen molar-refractivity contribution in [3.8, 4) is 0 Å². The third kappa shape index (κ3) is 3.60. The molecule has 0 fully saturated rings. The van der Waals surface area contributed by atoms with Crippen LogP contribution in [0, 0.1) is 0 Å². The Morgan fingerprint density at radius 2 is 1.68 bits per heavy atom. The zero-order valence-electron chi connectivity index (χ0n) is 12.3. The molecule has 0 bridgehead atoms. The molecule has 0 unspecified atom stereocenters. The summed E-state index contributed by atoms with van der Waals surface area (Å²) in [4.78, 5) is 2.86. The molecule has 1 aromatic heterocycles. The maximum atomic E-state index is 3.58. The Kier molecular flexibility index (Phi) is 4.31. The van der Waals surface area contributed by atoms with Crippen LogP contribution in [-0.4, -0.2) is 0 Å². The van der Waals surface area contributed by atoms with Gasteiger partial charge in [-0.15, -0.1) is 11.3 Å². The van der Waals surface area contributed by atoms with Crippen molar-refractivity contribution in [1.82, 2.24) is 0 Å². The summed E-state index contributed by atoms with van der Waals surface area (Å²) in [5.74, 6) is 0. The predicted molar refractivity (Wildman–Crippen MR) is 86.2 cm³/mol. The lowest BCUT2D eigenvalue weighted by atomic mass is 9.86. The molecule has 1 heterocycles. The number of benzene rings is 1. The van der Waals surface area contributed by atoms with Gasteiger partial charge in [0.25, 0.3) is 0 Å². The smallest absolute Gasteiger partial charge is 0.0494 e. The Morgan fingerprint density at radius 3 is 2.32 bits per heavy atom. The SMILES string of the molecule is CCc1ccc(CNc2ccccc2C(C)(C)C)s1. The Hall–Kier alpha value is -1.28. The van der Waals surface area contributed by atoms with E-state index in [9.17, 15) is 0 Å². The van der Waals surface area contributed by atoms with E-state index >= 15 is 0 Å². The summed E-state index contributed by atoms with van der Waals surface area (Å²) >= 11 is 1.90. The molecule has 2 rings (SSSR count). The lowest BCUT2D eigenvalue weighted by Gasteiger charge is -2.23. The molecule has 2 heteroatoms. The van der Waals surface area contributed by atoms with Crippen LogP contribution in [0.15, 0.2) is 36.4 Å². The van der Waals surface area contributed by atoms with E-state index in [0.717, 1.165) is 13.0 Å². The molecule has 0 aliphatic carbocycles. The summed E-state index contributed by atoms with van der Waals surface area (Å²) < 4.78 is 0. The molecule has 1 N–H and O–H groups in total. The van der Waals surface area contributed by atoms with E-state index in [4.69, 9.17) is 0 Å². The molecule has 0 amide bonds. The first-order valence-electron chi connectivity index (χ1n) is 6.91. The van der Waals surface area contributed by atoms with Gasteiger partial charge in [-0.25, -0.2) is 0 Å². The van der Waals surface area contributed by atoms with Crippen LogP contribution in [0.5, 0.6) is 0 Å². The Balaban J connectivity index is 2.11. The van der Waals surface area contributed by atoms with Gasteiger partial charge in [-0.2, -0.15) is 0 Å². The Morgan fingerprint density at radius 1 is 1.00 bits per heavy atom. The van der Waals surface area contributed by atoms with Crippen LogP contribution in [-0.2, 0) is 18.4 Å². The maximum Gasteiger partial charge on any atom is 0.0494 e. The first-order valence-corrected chi connectivity index (χ1v) is 7.73. The lowest BCUT2D eigenvalue weighted by molar-refractivity contribution is 0.591. The lowest BCUT2D eigenvalue weighted by Crippen LogP contribution is -2.14. The van der Waals surface area contributed by atoms with Crippen LogP contribution in [0.2, 0.25) is 0 Å². The van der Waals surface area contributed by atoms with Gasteiger partial charge < -0.3 is 5.32 Å². The number of rotatable bonds is 4. The van der Waals surface area contributed by atoms with Gasteiger partial charge in [0.1, 0.15) is 0 Å². The fourth-order valence-electron chi connectivity index (χ4n) is 2.18. The summed E-state index contributed by atoms with van der Waals surface area (Å²) in [6, 6.07) is 13.1. The van der Waals surface area contributed by atoms with E-state index in [-0.39, 0.29) is 5.41 Å². The topological polar surface area (TPSA) is 12.0 Å². The number of aryl methyl sites for hydroxylation is 1. The summed E-state index contributed by atoms with van der Waals surface area (Å²) in [5, 5.41) is 3.58. The summed E-state index contributed by atoms with van der Waals surface area (Å²) in [6.07, 6.45) is 1.13. The van der Waals surface area contributed by atoms with Crippen molar-refractivity contribution >= 4 is 17.0 Å². The second-order valence-corrected chi connectivity index (χ2v) is 7.12. The Labute approximate surface area is 120 Å². The van der Waals surface area contributed by atoms with Gasteiger partial charge in [0.15, 0.2) is 0 Å². The molecule has 1 aromatic carbocycles. The highest BCUT2D eigenvalue weighted by molar-refractivity contribution is 7.12. The maximum absolute atomic E-state index is 3.58. The molecule has 0 aliphatic rings. The van der Waals surface area contributed by atoms with Crippen LogP contribution < -0.4 is 5.32 Å². The summed E-state index contributed by atoms with van der Waals surface area (Å²) in [6.45, 7) is 9.89. The minimum atomic E-state index is 0.174. The molecule has 0 radical (unpaired) electrons. The van der Waals surface area contributed by atoms with Gasteiger partial charge in [-0.3, -0.25) is 0 Å². The minimum absolute atomic E-state index is 0.174. The monoisotopic (exact) mass is 273 g/mol. The van der Waals surface area contributed by atoms with Crippen molar-refractivity contribution in [2.45, 2.75) is 46.1 Å². The van der Waals surface area contributed by atoms with Crippen molar-refractivity contribution < 1.29 is 0 Å². The molecule has 0 saturated carbocycles. The second kappa shape index (κ2) is 5.79. The van der Waals surface area contributed by atoms with Gasteiger partial charge in [0.2, 0.25) is 0 Å². The van der Waals surface area contributed by atoms with Crippen LogP contribution in [0.4, 0.5) is 5.69 Å². The van der Waals surface area contributed by atoms with Gasteiger partial charge >= 0.3 is 0 Å². The third-order valence-electron chi connectivity index (χ3n) is 3.25. The average molecular weight is 273 g/mol. The van der Waals surface area contributed by atoms with Gasteiger partial charge in [0, 0.05) is 22.0 Å². The average Bonchev–Trinajstić information content (AvgIpc) is 2.83. The van der Waals surface area contributed by atoms with E-state index in [1.807, 2.05) is 11.3 Å². The molecular weight excluding hydrogens is 250 g/mol. The van der Waals surface area contributed by atoms with E-state index < -0.39 is 0 Å². The summed E-state index contributed by atoms with van der Waals surface area (Å²) in [5.41, 5.74) is 2.80. The van der Waals surface area contributed by atoms with Crippen molar-refractivity contribution in [2.75, 3.05) is 5.32 Å². The molecule has 0 aliphatic heterocycles. The first kappa shape index (κ1) is 14.1. The van der Waals surface area contributed by atoms with Gasteiger partial charge in [-0.05, 0) is 35.6 Å². The highest BCUT2D eigenvalue weighted by Gasteiger charge is 2.17. The normalized spacial score (nSPS) is 11.6. The van der Waals surface area contributed by atoms with E-state index in [2.05, 4.69) is 69.4 Å². The van der Waals surface area contributed by atoms with Crippen LogP contribution in [0.1, 0.15) is 43.0 Å². The predicted octanol–water partition coefficient (Wildman–Crippen LogP) is 5.22. The number of nitrogens with one attached hydrogen (secondary N) is 1. The van der Waals surface area contributed by atoms with Crippen LogP contribution >= 0.6 is 11.3 Å². The van der Waals surface area contributed by atoms with E-state index in [0.29, 0.717) is 0 Å². The molecule has 102 valence electrons. The molecule has 0 spiro atoms. The molecule has 19 heavy (non-hydrogen) atoms. The highest BCUT2D eigenvalue weighted by atomic mass is 32.1. The van der Waals surface area contributed by atoms with Crippen molar-refractivity contribution in [1.29, 1.82) is 0 Å². The van der Waals surface area contributed by atoms with E-state index in [1.54, 1.807) is 0 Å². The van der Waals surface area contributed by atoms with Crippen molar-refractivity contribution in [3.63, 3.8) is 0 Å². The molecule has 1 nitrogen and oxygen atoms in total. The zero-order valence-corrected chi connectivity index (χ0v) is 13.1. The fraction of sp³-hybridized carbons (Fsp3) is 0.412. The van der Waals surface area contributed by atoms with E-state index in [1.165, 1.54) is 21.0 Å². The number of hydrogen-bond acceptors (Lipinski definition) is 2. The summed E-state index contributed by atoms with van der Waals surface area (Å²) in [7, 11) is 0. The van der Waals surface area contributed by atoms with Crippen LogP contribution in [0.3, 0.4) is 0 Å². The second-order valence-electron chi connectivity index (χ2n) is 5.87. The minimum Gasteiger partial charge on any atom is -0.380 e.